The predicted octanol–water partition coefficient (Wildman–Crippen LogP) is 3.65. The average molecular weight is 255 g/mol. The largest absolute Gasteiger partial charge is 0.441 e. The molecule has 0 aromatic carbocycles. The van der Waals surface area contributed by atoms with Crippen LogP contribution in [0.2, 0.25) is 0 Å². The van der Waals surface area contributed by atoms with Crippen molar-refractivity contribution in [3.63, 3.8) is 0 Å². The minimum atomic E-state index is -4.07. The van der Waals surface area contributed by atoms with Crippen molar-refractivity contribution >= 4 is 11.8 Å². The van der Waals surface area contributed by atoms with Crippen LogP contribution in [0.5, 0.6) is 0 Å². The summed E-state index contributed by atoms with van der Waals surface area (Å²) in [5.41, 5.74) is -4.07. The molecule has 1 aliphatic carbocycles. The van der Waals surface area contributed by atoms with Gasteiger partial charge in [0.05, 0.1) is 0 Å². The molecule has 0 aliphatic heterocycles. The number of hydrogen-bond donors (Lipinski definition) is 1. The Morgan fingerprint density at radius 2 is 1.88 bits per heavy atom. The number of halogens is 3. The van der Waals surface area contributed by atoms with Gasteiger partial charge in [-0.1, -0.05) is 25.6 Å². The van der Waals surface area contributed by atoms with Crippen LogP contribution in [-0.4, -0.2) is 23.8 Å². The van der Waals surface area contributed by atoms with Gasteiger partial charge in [-0.2, -0.15) is 13.2 Å². The second kappa shape index (κ2) is 6.15. The normalized spacial score (nSPS) is 20.8. The summed E-state index contributed by atoms with van der Waals surface area (Å²) < 4.78 is 35.8. The Bertz CT molecular complexity index is 204. The van der Waals surface area contributed by atoms with Crippen LogP contribution < -0.4 is 5.32 Å². The van der Waals surface area contributed by atoms with Crippen LogP contribution >= 0.6 is 11.8 Å². The number of thioether (sulfide) groups is 1. The van der Waals surface area contributed by atoms with Crippen LogP contribution in [-0.2, 0) is 0 Å². The second-order valence-electron chi connectivity index (χ2n) is 4.72. The average Bonchev–Trinajstić information content (AvgIpc) is 2.95. The third-order valence-electron chi connectivity index (χ3n) is 3.12. The van der Waals surface area contributed by atoms with E-state index in [0.717, 1.165) is 6.54 Å². The molecule has 0 spiro atoms. The second-order valence-corrected chi connectivity index (χ2v) is 5.88. The standard InChI is InChI=1S/C11H20F3NS/c1-8(5-6-16-11(12,13)14)9(2)7-15-10-3-4-10/h8-10,15H,3-7H2,1-2H3. The highest BCUT2D eigenvalue weighted by Crippen LogP contribution is 2.32. The van der Waals surface area contributed by atoms with Crippen LogP contribution in [0.1, 0.15) is 33.1 Å². The van der Waals surface area contributed by atoms with E-state index in [4.69, 9.17) is 0 Å². The summed E-state index contributed by atoms with van der Waals surface area (Å²) in [5.74, 6) is 0.980. The summed E-state index contributed by atoms with van der Waals surface area (Å²) in [6, 6.07) is 0.680. The molecule has 0 aromatic rings. The molecule has 1 N–H and O–H groups in total. The lowest BCUT2D eigenvalue weighted by atomic mass is 9.93. The van der Waals surface area contributed by atoms with E-state index in [2.05, 4.69) is 12.2 Å². The van der Waals surface area contributed by atoms with Crippen LogP contribution in [0.3, 0.4) is 0 Å². The van der Waals surface area contributed by atoms with Crippen molar-refractivity contribution < 1.29 is 13.2 Å². The van der Waals surface area contributed by atoms with Crippen molar-refractivity contribution in [1.82, 2.24) is 5.32 Å². The molecule has 1 fully saturated rings. The molecule has 2 unspecified atom stereocenters. The molecular weight excluding hydrogens is 235 g/mol. The maximum atomic E-state index is 11.9. The molecule has 0 radical (unpaired) electrons. The zero-order chi connectivity index (χ0) is 12.2. The lowest BCUT2D eigenvalue weighted by molar-refractivity contribution is -0.0328. The Morgan fingerprint density at radius 1 is 1.25 bits per heavy atom. The van der Waals surface area contributed by atoms with Crippen LogP contribution in [0.25, 0.3) is 0 Å². The highest BCUT2D eigenvalue weighted by Gasteiger charge is 2.28. The topological polar surface area (TPSA) is 12.0 Å². The Balaban J connectivity index is 2.05. The smallest absolute Gasteiger partial charge is 0.314 e. The Labute approximate surface area is 99.6 Å². The van der Waals surface area contributed by atoms with Gasteiger partial charge in [-0.05, 0) is 37.6 Å². The molecule has 1 aliphatic rings. The highest BCUT2D eigenvalue weighted by atomic mass is 32.2. The summed E-state index contributed by atoms with van der Waals surface area (Å²) in [4.78, 5) is 0. The zero-order valence-electron chi connectivity index (χ0n) is 9.81. The summed E-state index contributed by atoms with van der Waals surface area (Å²) in [7, 11) is 0. The van der Waals surface area contributed by atoms with Crippen LogP contribution in [0.4, 0.5) is 13.2 Å². The molecule has 0 heterocycles. The monoisotopic (exact) mass is 255 g/mol. The van der Waals surface area contributed by atoms with Gasteiger partial charge >= 0.3 is 5.51 Å². The van der Waals surface area contributed by atoms with E-state index in [1.54, 1.807) is 0 Å². The van der Waals surface area contributed by atoms with Gasteiger partial charge in [-0.3, -0.25) is 0 Å². The van der Waals surface area contributed by atoms with Crippen molar-refractivity contribution in [2.75, 3.05) is 12.3 Å². The molecule has 1 saturated carbocycles. The summed E-state index contributed by atoms with van der Waals surface area (Å²) in [6.45, 7) is 5.08. The van der Waals surface area contributed by atoms with Gasteiger partial charge in [0.2, 0.25) is 0 Å². The van der Waals surface area contributed by atoms with Crippen LogP contribution in [0.15, 0.2) is 0 Å². The van der Waals surface area contributed by atoms with E-state index in [9.17, 15) is 13.2 Å². The lowest BCUT2D eigenvalue weighted by Crippen LogP contribution is -2.27. The van der Waals surface area contributed by atoms with E-state index in [1.165, 1.54) is 12.8 Å². The number of alkyl halides is 3. The molecule has 0 bridgehead atoms. The number of nitrogens with one attached hydrogen (secondary N) is 1. The first-order chi connectivity index (χ1) is 7.38. The van der Waals surface area contributed by atoms with E-state index in [-0.39, 0.29) is 17.5 Å². The summed E-state index contributed by atoms with van der Waals surface area (Å²) in [6.07, 6.45) is 3.15. The quantitative estimate of drug-likeness (QED) is 0.745. The fourth-order valence-electron chi connectivity index (χ4n) is 1.49. The first-order valence-corrected chi connectivity index (χ1v) is 6.81. The van der Waals surface area contributed by atoms with Gasteiger partial charge in [-0.25, -0.2) is 0 Å². The highest BCUT2D eigenvalue weighted by molar-refractivity contribution is 8.00. The Kier molecular flexibility index (Phi) is 5.44. The minimum Gasteiger partial charge on any atom is -0.314 e. The Hall–Kier alpha value is 0.1000. The fraction of sp³-hybridized carbons (Fsp3) is 1.00. The minimum absolute atomic E-state index is 0.0956. The summed E-state index contributed by atoms with van der Waals surface area (Å²) in [5, 5.41) is 3.41. The maximum Gasteiger partial charge on any atom is 0.441 e. The van der Waals surface area contributed by atoms with Crippen LogP contribution in [0, 0.1) is 11.8 Å². The third kappa shape index (κ3) is 6.63. The molecule has 0 amide bonds. The molecule has 1 rings (SSSR count). The van der Waals surface area contributed by atoms with E-state index in [0.29, 0.717) is 24.3 Å². The molecule has 96 valence electrons. The first kappa shape index (κ1) is 14.2. The number of rotatable bonds is 7. The Morgan fingerprint density at radius 3 is 2.38 bits per heavy atom. The van der Waals surface area contributed by atoms with Gasteiger partial charge in [0.15, 0.2) is 0 Å². The SMILES string of the molecule is CC(CCSC(F)(F)F)C(C)CNC1CC1. The maximum absolute atomic E-state index is 11.9. The molecule has 1 nitrogen and oxygen atoms in total. The molecule has 0 aromatic heterocycles. The first-order valence-electron chi connectivity index (χ1n) is 5.82. The van der Waals surface area contributed by atoms with Gasteiger partial charge in [0.25, 0.3) is 0 Å². The molecule has 0 saturated heterocycles. The van der Waals surface area contributed by atoms with E-state index >= 15 is 0 Å². The molecule has 2 atom stereocenters. The van der Waals surface area contributed by atoms with Crippen molar-refractivity contribution in [3.8, 4) is 0 Å². The zero-order valence-corrected chi connectivity index (χ0v) is 10.6. The fourth-order valence-corrected chi connectivity index (χ4v) is 2.21. The van der Waals surface area contributed by atoms with Crippen molar-refractivity contribution in [2.24, 2.45) is 11.8 Å². The molecule has 5 heteroatoms. The van der Waals surface area contributed by atoms with Crippen molar-refractivity contribution in [3.05, 3.63) is 0 Å². The molecule has 16 heavy (non-hydrogen) atoms. The third-order valence-corrected chi connectivity index (χ3v) is 3.88. The number of hydrogen-bond acceptors (Lipinski definition) is 2. The molecular formula is C11H20F3NS. The van der Waals surface area contributed by atoms with Gasteiger partial charge in [-0.15, -0.1) is 0 Å². The van der Waals surface area contributed by atoms with E-state index < -0.39 is 5.51 Å². The lowest BCUT2D eigenvalue weighted by Gasteiger charge is -2.20. The van der Waals surface area contributed by atoms with Gasteiger partial charge < -0.3 is 5.32 Å². The summed E-state index contributed by atoms with van der Waals surface area (Å²) >= 11 is 0.0956. The van der Waals surface area contributed by atoms with Gasteiger partial charge in [0, 0.05) is 11.8 Å². The van der Waals surface area contributed by atoms with Crippen molar-refractivity contribution in [2.45, 2.75) is 44.7 Å². The van der Waals surface area contributed by atoms with Gasteiger partial charge in [0.1, 0.15) is 0 Å². The van der Waals surface area contributed by atoms with E-state index in [1.807, 2.05) is 6.92 Å². The predicted molar refractivity (Wildman–Crippen MR) is 62.5 cm³/mol. The van der Waals surface area contributed by atoms with Crippen molar-refractivity contribution in [1.29, 1.82) is 0 Å².